The quantitative estimate of drug-likeness (QED) is 0.685. The van der Waals surface area contributed by atoms with E-state index in [1.165, 1.54) is 0 Å². The van der Waals surface area contributed by atoms with E-state index < -0.39 is 0 Å². The molecule has 0 unspecified atom stereocenters. The molecule has 0 radical (unpaired) electrons. The van der Waals surface area contributed by atoms with E-state index in [0.29, 0.717) is 17.9 Å². The predicted molar refractivity (Wildman–Crippen MR) is 115 cm³/mol. The van der Waals surface area contributed by atoms with Gasteiger partial charge in [0.05, 0.1) is 31.6 Å². The molecule has 0 atom stereocenters. The summed E-state index contributed by atoms with van der Waals surface area (Å²) in [4.78, 5) is 9.61. The van der Waals surface area contributed by atoms with Crippen LogP contribution >= 0.6 is 0 Å². The number of nitriles is 1. The summed E-state index contributed by atoms with van der Waals surface area (Å²) in [6, 6.07) is 6.25. The number of hydrogen-bond donors (Lipinski definition) is 2. The van der Waals surface area contributed by atoms with Gasteiger partial charge in [-0.3, -0.25) is 9.80 Å². The third kappa shape index (κ3) is 4.75. The summed E-state index contributed by atoms with van der Waals surface area (Å²) < 4.78 is 10.9. The molecule has 4 rings (SSSR count). The Kier molecular flexibility index (Phi) is 6.84. The molecule has 30 heavy (non-hydrogen) atoms. The maximum Gasteiger partial charge on any atom is 0.146 e. The van der Waals surface area contributed by atoms with E-state index in [2.05, 4.69) is 33.4 Å². The summed E-state index contributed by atoms with van der Waals surface area (Å²) in [6.07, 6.45) is 2.54. The first-order valence-electron chi connectivity index (χ1n) is 10.8. The first kappa shape index (κ1) is 20.7. The smallest absolute Gasteiger partial charge is 0.146 e. The molecule has 0 spiro atoms. The van der Waals surface area contributed by atoms with Crippen molar-refractivity contribution >= 4 is 11.6 Å². The minimum Gasteiger partial charge on any atom is -0.467 e. The minimum atomic E-state index is 0.567. The van der Waals surface area contributed by atoms with Gasteiger partial charge in [-0.25, -0.2) is 4.98 Å². The monoisotopic (exact) mass is 410 g/mol. The number of anilines is 2. The molecule has 0 amide bonds. The number of furan rings is 1. The van der Waals surface area contributed by atoms with Crippen molar-refractivity contribution in [2.45, 2.75) is 26.4 Å². The summed E-state index contributed by atoms with van der Waals surface area (Å²) in [5.74, 6) is 2.38. The van der Waals surface area contributed by atoms with Gasteiger partial charge in [-0.15, -0.1) is 0 Å². The van der Waals surface area contributed by atoms with E-state index in [4.69, 9.17) is 14.1 Å². The number of likely N-dealkylation sites (N-methyl/N-ethyl adjacent to an activating group) is 1. The molecular formula is C22H30N6O2. The van der Waals surface area contributed by atoms with Crippen LogP contribution in [0.3, 0.4) is 0 Å². The maximum absolute atomic E-state index is 9.91. The molecule has 1 saturated heterocycles. The third-order valence-corrected chi connectivity index (χ3v) is 5.87. The molecule has 8 nitrogen and oxygen atoms in total. The standard InChI is InChI=1S/C22H30N6O2/c1-2-27-7-5-18-19(14-23)21(24-6-8-28-9-12-29-13-10-28)26-22(20(18)16-27)25-15-17-4-3-11-30-17/h3-4,11H,2,5-10,12-13,15-16H2,1H3,(H2,24,25,26). The third-order valence-electron chi connectivity index (χ3n) is 5.87. The summed E-state index contributed by atoms with van der Waals surface area (Å²) in [5.41, 5.74) is 2.93. The van der Waals surface area contributed by atoms with Crippen LogP contribution in [0.15, 0.2) is 22.8 Å². The van der Waals surface area contributed by atoms with Crippen LogP contribution in [-0.2, 0) is 24.2 Å². The number of fused-ring (bicyclic) bond motifs is 1. The molecule has 0 aliphatic carbocycles. The van der Waals surface area contributed by atoms with Gasteiger partial charge in [-0.1, -0.05) is 6.92 Å². The van der Waals surface area contributed by atoms with Gasteiger partial charge in [0.1, 0.15) is 23.5 Å². The molecule has 2 aliphatic rings. The van der Waals surface area contributed by atoms with Gasteiger partial charge in [0.2, 0.25) is 0 Å². The normalized spacial score (nSPS) is 17.3. The molecule has 2 aromatic heterocycles. The Bertz CT molecular complexity index is 871. The van der Waals surface area contributed by atoms with E-state index in [-0.39, 0.29) is 0 Å². The van der Waals surface area contributed by atoms with Gasteiger partial charge < -0.3 is 19.8 Å². The van der Waals surface area contributed by atoms with E-state index in [1.54, 1.807) is 6.26 Å². The van der Waals surface area contributed by atoms with E-state index in [1.807, 2.05) is 12.1 Å². The fraction of sp³-hybridized carbons (Fsp3) is 0.545. The summed E-state index contributed by atoms with van der Waals surface area (Å²) in [5, 5.41) is 16.8. The van der Waals surface area contributed by atoms with E-state index in [0.717, 1.165) is 88.2 Å². The van der Waals surface area contributed by atoms with Gasteiger partial charge >= 0.3 is 0 Å². The molecule has 4 heterocycles. The topological polar surface area (TPSA) is 89.6 Å². The Morgan fingerprint density at radius 3 is 2.73 bits per heavy atom. The summed E-state index contributed by atoms with van der Waals surface area (Å²) in [7, 11) is 0. The molecule has 0 bridgehead atoms. The van der Waals surface area contributed by atoms with Crippen LogP contribution in [0.25, 0.3) is 0 Å². The van der Waals surface area contributed by atoms with Gasteiger partial charge in [0.15, 0.2) is 0 Å². The molecule has 2 aliphatic heterocycles. The van der Waals surface area contributed by atoms with Gasteiger partial charge in [-0.05, 0) is 30.7 Å². The zero-order valence-electron chi connectivity index (χ0n) is 17.6. The highest BCUT2D eigenvalue weighted by atomic mass is 16.5. The Balaban J connectivity index is 1.55. The second-order valence-electron chi connectivity index (χ2n) is 7.69. The van der Waals surface area contributed by atoms with Crippen molar-refractivity contribution in [2.24, 2.45) is 0 Å². The number of pyridine rings is 1. The van der Waals surface area contributed by atoms with Crippen LogP contribution in [0.5, 0.6) is 0 Å². The lowest BCUT2D eigenvalue weighted by Crippen LogP contribution is -2.39. The Labute approximate surface area is 177 Å². The van der Waals surface area contributed by atoms with Crippen molar-refractivity contribution in [1.82, 2.24) is 14.8 Å². The SMILES string of the molecule is CCN1CCc2c(C#N)c(NCCN3CCOCC3)nc(NCc3ccco3)c2C1. The fourth-order valence-electron chi connectivity index (χ4n) is 4.10. The van der Waals surface area contributed by atoms with Crippen LogP contribution in [0.1, 0.15) is 29.4 Å². The lowest BCUT2D eigenvalue weighted by Gasteiger charge is -2.30. The van der Waals surface area contributed by atoms with Crippen molar-refractivity contribution in [3.63, 3.8) is 0 Å². The van der Waals surface area contributed by atoms with Crippen LogP contribution in [-0.4, -0.2) is 67.3 Å². The molecular weight excluding hydrogens is 380 g/mol. The zero-order chi connectivity index (χ0) is 20.8. The number of nitrogens with zero attached hydrogens (tertiary/aromatic N) is 4. The first-order valence-corrected chi connectivity index (χ1v) is 10.8. The first-order chi connectivity index (χ1) is 14.8. The molecule has 0 saturated carbocycles. The van der Waals surface area contributed by atoms with Crippen molar-refractivity contribution in [3.05, 3.63) is 40.8 Å². The second kappa shape index (κ2) is 9.94. The van der Waals surface area contributed by atoms with Crippen LogP contribution in [0, 0.1) is 11.3 Å². The molecule has 2 N–H and O–H groups in total. The van der Waals surface area contributed by atoms with Gasteiger partial charge in [0.25, 0.3) is 0 Å². The van der Waals surface area contributed by atoms with Crippen molar-refractivity contribution in [2.75, 3.05) is 63.1 Å². The average molecular weight is 411 g/mol. The highest BCUT2D eigenvalue weighted by Gasteiger charge is 2.25. The lowest BCUT2D eigenvalue weighted by molar-refractivity contribution is 0.0398. The Morgan fingerprint density at radius 1 is 1.13 bits per heavy atom. The van der Waals surface area contributed by atoms with E-state index in [9.17, 15) is 5.26 Å². The largest absolute Gasteiger partial charge is 0.467 e. The van der Waals surface area contributed by atoms with Gasteiger partial charge in [-0.2, -0.15) is 5.26 Å². The summed E-state index contributed by atoms with van der Waals surface area (Å²) in [6.45, 7) is 10.6. The lowest BCUT2D eigenvalue weighted by atomic mass is 9.95. The molecule has 1 fully saturated rings. The van der Waals surface area contributed by atoms with Crippen LogP contribution < -0.4 is 10.6 Å². The fourth-order valence-corrected chi connectivity index (χ4v) is 4.10. The number of aromatic nitrogens is 1. The van der Waals surface area contributed by atoms with Crippen LogP contribution in [0.4, 0.5) is 11.6 Å². The molecule has 0 aromatic carbocycles. The van der Waals surface area contributed by atoms with Crippen molar-refractivity contribution in [1.29, 1.82) is 5.26 Å². The Hall–Kier alpha value is -2.60. The van der Waals surface area contributed by atoms with E-state index >= 15 is 0 Å². The van der Waals surface area contributed by atoms with Crippen LogP contribution in [0.2, 0.25) is 0 Å². The number of morpholine rings is 1. The Morgan fingerprint density at radius 2 is 2.00 bits per heavy atom. The molecule has 160 valence electrons. The zero-order valence-corrected chi connectivity index (χ0v) is 17.6. The maximum atomic E-state index is 9.91. The number of hydrogen-bond acceptors (Lipinski definition) is 8. The molecule has 8 heteroatoms. The van der Waals surface area contributed by atoms with Crippen molar-refractivity contribution in [3.8, 4) is 6.07 Å². The minimum absolute atomic E-state index is 0.567. The number of rotatable bonds is 8. The highest BCUT2D eigenvalue weighted by Crippen LogP contribution is 2.32. The predicted octanol–water partition coefficient (Wildman–Crippen LogP) is 2.28. The van der Waals surface area contributed by atoms with Gasteiger partial charge in [0, 0.05) is 44.8 Å². The number of nitrogens with one attached hydrogen (secondary N) is 2. The number of ether oxygens (including phenoxy) is 1. The highest BCUT2D eigenvalue weighted by molar-refractivity contribution is 5.66. The van der Waals surface area contributed by atoms with Crippen molar-refractivity contribution < 1.29 is 9.15 Å². The average Bonchev–Trinajstić information content (AvgIpc) is 3.31. The molecule has 2 aromatic rings. The summed E-state index contributed by atoms with van der Waals surface area (Å²) >= 11 is 0. The second-order valence-corrected chi connectivity index (χ2v) is 7.69.